The summed E-state index contributed by atoms with van der Waals surface area (Å²) in [7, 11) is 1.68. The second kappa shape index (κ2) is 5.89. The van der Waals surface area contributed by atoms with Gasteiger partial charge in [0.2, 0.25) is 0 Å². The average Bonchev–Trinajstić information content (AvgIpc) is 3.06. The molecular formula is C17H18N4O2. The molecule has 4 rings (SSSR count). The van der Waals surface area contributed by atoms with Gasteiger partial charge in [-0.25, -0.2) is 4.98 Å². The van der Waals surface area contributed by atoms with Gasteiger partial charge in [-0.15, -0.1) is 0 Å². The van der Waals surface area contributed by atoms with Crippen LogP contribution in [0, 0.1) is 0 Å². The summed E-state index contributed by atoms with van der Waals surface area (Å²) < 4.78 is 12.8. The highest BCUT2D eigenvalue weighted by Gasteiger charge is 2.18. The number of rotatable bonds is 3. The lowest BCUT2D eigenvalue weighted by Crippen LogP contribution is -2.37. The average molecular weight is 310 g/mol. The van der Waals surface area contributed by atoms with Gasteiger partial charge in [-0.3, -0.25) is 0 Å². The van der Waals surface area contributed by atoms with Crippen LogP contribution in [0.1, 0.15) is 0 Å². The topological polar surface area (TPSA) is 51.9 Å². The molecule has 6 heteroatoms. The molecule has 1 aliphatic heterocycles. The van der Waals surface area contributed by atoms with Crippen LogP contribution in [0.2, 0.25) is 0 Å². The summed E-state index contributed by atoms with van der Waals surface area (Å²) in [5.41, 5.74) is 2.80. The smallest absolute Gasteiger partial charge is 0.165 e. The molecule has 6 nitrogen and oxygen atoms in total. The van der Waals surface area contributed by atoms with Crippen molar-refractivity contribution in [2.75, 3.05) is 38.3 Å². The Morgan fingerprint density at radius 1 is 1.09 bits per heavy atom. The van der Waals surface area contributed by atoms with Gasteiger partial charge in [0.15, 0.2) is 5.65 Å². The largest absolute Gasteiger partial charge is 0.496 e. The summed E-state index contributed by atoms with van der Waals surface area (Å²) in [4.78, 5) is 6.81. The third-order valence-corrected chi connectivity index (χ3v) is 4.11. The first-order valence-electron chi connectivity index (χ1n) is 7.67. The number of benzene rings is 1. The zero-order valence-corrected chi connectivity index (χ0v) is 13.0. The Kier molecular flexibility index (Phi) is 3.59. The lowest BCUT2D eigenvalue weighted by molar-refractivity contribution is 0.122. The fourth-order valence-corrected chi connectivity index (χ4v) is 2.97. The van der Waals surface area contributed by atoms with E-state index in [1.165, 1.54) is 0 Å². The molecule has 23 heavy (non-hydrogen) atoms. The molecule has 118 valence electrons. The van der Waals surface area contributed by atoms with Crippen LogP contribution in [0.4, 0.5) is 5.82 Å². The summed E-state index contributed by atoms with van der Waals surface area (Å²) in [5.74, 6) is 1.86. The fourth-order valence-electron chi connectivity index (χ4n) is 2.97. The fraction of sp³-hybridized carbons (Fsp3) is 0.294. The molecule has 2 aromatic heterocycles. The Bertz CT molecular complexity index is 824. The molecule has 0 atom stereocenters. The molecule has 0 unspecified atom stereocenters. The maximum Gasteiger partial charge on any atom is 0.165 e. The number of aromatic nitrogens is 3. The van der Waals surface area contributed by atoms with Crippen molar-refractivity contribution in [3.05, 3.63) is 42.7 Å². The first-order chi connectivity index (χ1) is 11.4. The highest BCUT2D eigenvalue weighted by molar-refractivity contribution is 5.81. The van der Waals surface area contributed by atoms with Gasteiger partial charge in [0.25, 0.3) is 0 Å². The van der Waals surface area contributed by atoms with Gasteiger partial charge in [-0.05, 0) is 12.1 Å². The Hall–Kier alpha value is -2.60. The number of hydrogen-bond acceptors (Lipinski definition) is 5. The summed E-state index contributed by atoms with van der Waals surface area (Å²) in [6.07, 6.45) is 3.69. The van der Waals surface area contributed by atoms with E-state index in [1.54, 1.807) is 7.11 Å². The molecule has 1 saturated heterocycles. The summed E-state index contributed by atoms with van der Waals surface area (Å²) in [6, 6.07) is 9.93. The Balaban J connectivity index is 1.84. The van der Waals surface area contributed by atoms with E-state index in [0.29, 0.717) is 0 Å². The van der Waals surface area contributed by atoms with E-state index in [2.05, 4.69) is 15.0 Å². The van der Waals surface area contributed by atoms with Gasteiger partial charge >= 0.3 is 0 Å². The highest BCUT2D eigenvalue weighted by atomic mass is 16.5. The van der Waals surface area contributed by atoms with E-state index in [1.807, 2.05) is 47.2 Å². The number of methoxy groups -OCH3 is 1. The Labute approximate surface area is 134 Å². The molecule has 1 aromatic carbocycles. The summed E-state index contributed by atoms with van der Waals surface area (Å²) in [6.45, 7) is 3.21. The Morgan fingerprint density at radius 2 is 1.91 bits per heavy atom. The maximum absolute atomic E-state index is 5.47. The SMILES string of the molecule is COc1ccccc1-c1cnn2c(N3CCOCC3)ccnc12. The van der Waals surface area contributed by atoms with E-state index in [9.17, 15) is 0 Å². The zero-order valence-electron chi connectivity index (χ0n) is 13.0. The van der Waals surface area contributed by atoms with Crippen molar-refractivity contribution in [1.82, 2.24) is 14.6 Å². The number of hydrogen-bond donors (Lipinski definition) is 0. The van der Waals surface area contributed by atoms with Crippen LogP contribution < -0.4 is 9.64 Å². The molecule has 3 heterocycles. The monoisotopic (exact) mass is 310 g/mol. The van der Waals surface area contributed by atoms with Crippen molar-refractivity contribution in [1.29, 1.82) is 0 Å². The minimum Gasteiger partial charge on any atom is -0.496 e. The Morgan fingerprint density at radius 3 is 2.74 bits per heavy atom. The molecule has 1 fully saturated rings. The molecule has 0 spiro atoms. The third-order valence-electron chi connectivity index (χ3n) is 4.11. The van der Waals surface area contributed by atoms with Gasteiger partial charge in [-0.2, -0.15) is 9.61 Å². The van der Waals surface area contributed by atoms with Crippen LogP contribution in [0.5, 0.6) is 5.75 Å². The predicted octanol–water partition coefficient (Wildman–Crippen LogP) is 2.24. The molecule has 0 radical (unpaired) electrons. The number of fused-ring (bicyclic) bond motifs is 1. The van der Waals surface area contributed by atoms with Crippen LogP contribution in [0.3, 0.4) is 0 Å². The van der Waals surface area contributed by atoms with Crippen molar-refractivity contribution in [2.45, 2.75) is 0 Å². The molecule has 0 amide bonds. The molecule has 0 saturated carbocycles. The van der Waals surface area contributed by atoms with Crippen molar-refractivity contribution in [2.24, 2.45) is 0 Å². The predicted molar refractivity (Wildman–Crippen MR) is 88.0 cm³/mol. The van der Waals surface area contributed by atoms with E-state index < -0.39 is 0 Å². The maximum atomic E-state index is 5.47. The van der Waals surface area contributed by atoms with Crippen molar-refractivity contribution >= 4 is 11.5 Å². The minimum absolute atomic E-state index is 0.741. The van der Waals surface area contributed by atoms with Gasteiger partial charge in [-0.1, -0.05) is 18.2 Å². The normalized spacial score (nSPS) is 15.1. The lowest BCUT2D eigenvalue weighted by atomic mass is 10.1. The van der Waals surface area contributed by atoms with Gasteiger partial charge < -0.3 is 14.4 Å². The minimum atomic E-state index is 0.741. The summed E-state index contributed by atoms with van der Waals surface area (Å²) >= 11 is 0. The van der Waals surface area contributed by atoms with E-state index in [-0.39, 0.29) is 0 Å². The molecule has 1 aliphatic rings. The number of nitrogens with zero attached hydrogens (tertiary/aromatic N) is 4. The van der Waals surface area contributed by atoms with E-state index in [4.69, 9.17) is 9.47 Å². The van der Waals surface area contributed by atoms with Crippen LogP contribution in [-0.4, -0.2) is 48.0 Å². The van der Waals surface area contributed by atoms with Crippen LogP contribution in [-0.2, 0) is 4.74 Å². The van der Waals surface area contributed by atoms with E-state index in [0.717, 1.165) is 54.6 Å². The van der Waals surface area contributed by atoms with E-state index >= 15 is 0 Å². The molecular weight excluding hydrogens is 292 g/mol. The summed E-state index contributed by atoms with van der Waals surface area (Å²) in [5, 5.41) is 4.56. The van der Waals surface area contributed by atoms with Crippen molar-refractivity contribution in [3.8, 4) is 16.9 Å². The van der Waals surface area contributed by atoms with Crippen LogP contribution >= 0.6 is 0 Å². The zero-order chi connectivity index (χ0) is 15.6. The van der Waals surface area contributed by atoms with Gasteiger partial charge in [0, 0.05) is 24.8 Å². The van der Waals surface area contributed by atoms with Crippen molar-refractivity contribution in [3.63, 3.8) is 0 Å². The van der Waals surface area contributed by atoms with Crippen molar-refractivity contribution < 1.29 is 9.47 Å². The highest BCUT2D eigenvalue weighted by Crippen LogP contribution is 2.32. The second-order valence-corrected chi connectivity index (χ2v) is 5.40. The quantitative estimate of drug-likeness (QED) is 0.742. The molecule has 0 bridgehead atoms. The number of para-hydroxylation sites is 1. The lowest BCUT2D eigenvalue weighted by Gasteiger charge is -2.28. The first-order valence-corrected chi connectivity index (χ1v) is 7.67. The molecule has 0 N–H and O–H groups in total. The van der Waals surface area contributed by atoms with Crippen LogP contribution in [0.15, 0.2) is 42.7 Å². The van der Waals surface area contributed by atoms with Gasteiger partial charge in [0.1, 0.15) is 11.6 Å². The number of morpholine rings is 1. The standard InChI is InChI=1S/C17H18N4O2/c1-22-15-5-3-2-4-13(15)14-12-19-21-16(6-7-18-17(14)21)20-8-10-23-11-9-20/h2-7,12H,8-11H2,1H3. The second-order valence-electron chi connectivity index (χ2n) is 5.40. The van der Waals surface area contributed by atoms with Crippen LogP contribution in [0.25, 0.3) is 16.8 Å². The third kappa shape index (κ3) is 2.41. The van der Waals surface area contributed by atoms with Gasteiger partial charge in [0.05, 0.1) is 32.1 Å². The molecule has 3 aromatic rings. The first kappa shape index (κ1) is 14.0. The number of ether oxygens (including phenoxy) is 2. The number of anilines is 1. The molecule has 0 aliphatic carbocycles.